The van der Waals surface area contributed by atoms with E-state index in [1.165, 1.54) is 0 Å². The van der Waals surface area contributed by atoms with Crippen LogP contribution in [0.3, 0.4) is 0 Å². The van der Waals surface area contributed by atoms with Gasteiger partial charge in [0.1, 0.15) is 6.07 Å². The van der Waals surface area contributed by atoms with Crippen LogP contribution < -0.4 is 10.6 Å². The molecule has 2 heterocycles. The molecule has 0 atom stereocenters. The molecule has 1 fully saturated rings. The molecule has 5 nitrogen and oxygen atoms in total. The van der Waals surface area contributed by atoms with Gasteiger partial charge in [-0.05, 0) is 33.0 Å². The summed E-state index contributed by atoms with van der Waals surface area (Å²) in [7, 11) is 4.24. The molecule has 0 amide bonds. The standard InChI is InChI=1S/C13H19N5/c1-17(2)11-3-5-18(6-4-11)13-12(15)7-10(8-14)9-16-13/h7,9,11H,3-6,15H2,1-2H3. The van der Waals surface area contributed by atoms with Crippen molar-refractivity contribution in [2.45, 2.75) is 18.9 Å². The Hall–Kier alpha value is -1.80. The summed E-state index contributed by atoms with van der Waals surface area (Å²) in [5.74, 6) is 0.811. The van der Waals surface area contributed by atoms with Gasteiger partial charge in [0.15, 0.2) is 5.82 Å². The average molecular weight is 245 g/mol. The first-order valence-corrected chi connectivity index (χ1v) is 6.19. The molecule has 18 heavy (non-hydrogen) atoms. The lowest BCUT2D eigenvalue weighted by Crippen LogP contribution is -2.42. The van der Waals surface area contributed by atoms with E-state index >= 15 is 0 Å². The Kier molecular flexibility index (Phi) is 3.68. The third-order valence-corrected chi connectivity index (χ3v) is 3.52. The van der Waals surface area contributed by atoms with Crippen LogP contribution in [0.25, 0.3) is 0 Å². The lowest BCUT2D eigenvalue weighted by Gasteiger charge is -2.36. The van der Waals surface area contributed by atoms with Gasteiger partial charge in [-0.3, -0.25) is 0 Å². The fourth-order valence-electron chi connectivity index (χ4n) is 2.39. The van der Waals surface area contributed by atoms with Gasteiger partial charge < -0.3 is 15.5 Å². The van der Waals surface area contributed by atoms with Crippen LogP contribution in [0.15, 0.2) is 12.3 Å². The van der Waals surface area contributed by atoms with E-state index in [1.54, 1.807) is 12.3 Å². The number of nitriles is 1. The summed E-state index contributed by atoms with van der Waals surface area (Å²) < 4.78 is 0. The summed E-state index contributed by atoms with van der Waals surface area (Å²) in [5, 5.41) is 8.79. The van der Waals surface area contributed by atoms with Crippen molar-refractivity contribution >= 4 is 11.5 Å². The second-order valence-corrected chi connectivity index (χ2v) is 4.93. The molecular formula is C13H19N5. The summed E-state index contributed by atoms with van der Waals surface area (Å²) in [6.45, 7) is 1.93. The van der Waals surface area contributed by atoms with Gasteiger partial charge in [-0.2, -0.15) is 5.26 Å². The van der Waals surface area contributed by atoms with Gasteiger partial charge in [-0.25, -0.2) is 4.98 Å². The minimum absolute atomic E-state index is 0.513. The molecule has 1 aromatic heterocycles. The third-order valence-electron chi connectivity index (χ3n) is 3.52. The van der Waals surface area contributed by atoms with Crippen LogP contribution in [0.2, 0.25) is 0 Å². The van der Waals surface area contributed by atoms with Crippen LogP contribution >= 0.6 is 0 Å². The van der Waals surface area contributed by atoms with Gasteiger partial charge in [0.25, 0.3) is 0 Å². The van der Waals surface area contributed by atoms with E-state index in [0.717, 1.165) is 31.7 Å². The number of nitrogens with zero attached hydrogens (tertiary/aromatic N) is 4. The van der Waals surface area contributed by atoms with Gasteiger partial charge in [0.2, 0.25) is 0 Å². The maximum absolute atomic E-state index is 8.79. The predicted molar refractivity (Wildman–Crippen MR) is 72.3 cm³/mol. The first-order valence-electron chi connectivity index (χ1n) is 6.19. The molecule has 0 bridgehead atoms. The summed E-state index contributed by atoms with van der Waals surface area (Å²) in [4.78, 5) is 8.78. The van der Waals surface area contributed by atoms with E-state index in [2.05, 4.69) is 34.9 Å². The van der Waals surface area contributed by atoms with Crippen LogP contribution in [0.1, 0.15) is 18.4 Å². The van der Waals surface area contributed by atoms with Gasteiger partial charge in [0, 0.05) is 25.3 Å². The fraction of sp³-hybridized carbons (Fsp3) is 0.538. The maximum atomic E-state index is 8.79. The Bertz CT molecular complexity index is 455. The Morgan fingerprint density at radius 1 is 1.44 bits per heavy atom. The molecule has 2 N–H and O–H groups in total. The molecule has 1 saturated heterocycles. The van der Waals surface area contributed by atoms with Gasteiger partial charge in [-0.15, -0.1) is 0 Å². The first kappa shape index (κ1) is 12.7. The molecule has 1 aliphatic heterocycles. The number of anilines is 2. The zero-order chi connectivity index (χ0) is 13.1. The number of nitrogen functional groups attached to an aromatic ring is 1. The zero-order valence-electron chi connectivity index (χ0n) is 10.9. The Morgan fingerprint density at radius 3 is 2.61 bits per heavy atom. The van der Waals surface area contributed by atoms with Crippen LogP contribution in [0.4, 0.5) is 11.5 Å². The van der Waals surface area contributed by atoms with Crippen LogP contribution in [-0.2, 0) is 0 Å². The van der Waals surface area contributed by atoms with E-state index < -0.39 is 0 Å². The van der Waals surface area contributed by atoms with Crippen LogP contribution in [0, 0.1) is 11.3 Å². The van der Waals surface area contributed by atoms with Gasteiger partial charge in [0.05, 0.1) is 11.3 Å². The minimum atomic E-state index is 0.513. The van der Waals surface area contributed by atoms with Crippen molar-refractivity contribution in [3.63, 3.8) is 0 Å². The number of aromatic nitrogens is 1. The second kappa shape index (κ2) is 5.23. The maximum Gasteiger partial charge on any atom is 0.151 e. The molecule has 0 radical (unpaired) electrons. The van der Waals surface area contributed by atoms with E-state index in [9.17, 15) is 0 Å². The molecule has 2 rings (SSSR count). The number of hydrogen-bond donors (Lipinski definition) is 1. The summed E-state index contributed by atoms with van der Waals surface area (Å²) in [5.41, 5.74) is 7.06. The van der Waals surface area contributed by atoms with Crippen molar-refractivity contribution in [1.82, 2.24) is 9.88 Å². The fourth-order valence-corrected chi connectivity index (χ4v) is 2.39. The quantitative estimate of drug-likeness (QED) is 0.844. The SMILES string of the molecule is CN(C)C1CCN(c2ncc(C#N)cc2N)CC1. The number of rotatable bonds is 2. The van der Waals surface area contributed by atoms with Crippen molar-refractivity contribution in [2.24, 2.45) is 0 Å². The number of piperidine rings is 1. The minimum Gasteiger partial charge on any atom is -0.396 e. The van der Waals surface area contributed by atoms with Crippen molar-refractivity contribution in [2.75, 3.05) is 37.8 Å². The van der Waals surface area contributed by atoms with Crippen LogP contribution in [-0.4, -0.2) is 43.1 Å². The Morgan fingerprint density at radius 2 is 2.11 bits per heavy atom. The number of pyridine rings is 1. The van der Waals surface area contributed by atoms with Crippen molar-refractivity contribution < 1.29 is 0 Å². The molecule has 0 saturated carbocycles. The van der Waals surface area contributed by atoms with E-state index in [-0.39, 0.29) is 0 Å². The lowest BCUT2D eigenvalue weighted by molar-refractivity contribution is 0.249. The van der Waals surface area contributed by atoms with E-state index in [0.29, 0.717) is 17.3 Å². The highest BCUT2D eigenvalue weighted by Gasteiger charge is 2.22. The largest absolute Gasteiger partial charge is 0.396 e. The predicted octanol–water partition coefficient (Wildman–Crippen LogP) is 1.07. The van der Waals surface area contributed by atoms with Gasteiger partial charge >= 0.3 is 0 Å². The molecule has 0 unspecified atom stereocenters. The zero-order valence-corrected chi connectivity index (χ0v) is 10.9. The normalized spacial score (nSPS) is 16.9. The topological polar surface area (TPSA) is 69.2 Å². The highest BCUT2D eigenvalue weighted by molar-refractivity contribution is 5.64. The third kappa shape index (κ3) is 2.54. The van der Waals surface area contributed by atoms with Gasteiger partial charge in [-0.1, -0.05) is 0 Å². The molecular weight excluding hydrogens is 226 g/mol. The first-order chi connectivity index (χ1) is 8.61. The number of hydrogen-bond acceptors (Lipinski definition) is 5. The second-order valence-electron chi connectivity index (χ2n) is 4.93. The molecule has 96 valence electrons. The molecule has 1 aliphatic rings. The van der Waals surface area contributed by atoms with Crippen molar-refractivity contribution in [3.8, 4) is 6.07 Å². The monoisotopic (exact) mass is 245 g/mol. The Balaban J connectivity index is 2.08. The number of nitrogens with two attached hydrogens (primary N) is 1. The lowest BCUT2D eigenvalue weighted by atomic mass is 10.0. The highest BCUT2D eigenvalue weighted by Crippen LogP contribution is 2.25. The summed E-state index contributed by atoms with van der Waals surface area (Å²) in [6.07, 6.45) is 3.83. The summed E-state index contributed by atoms with van der Waals surface area (Å²) in [6, 6.07) is 4.39. The average Bonchev–Trinajstić information content (AvgIpc) is 2.38. The summed E-state index contributed by atoms with van der Waals surface area (Å²) >= 11 is 0. The molecule has 0 spiro atoms. The van der Waals surface area contributed by atoms with E-state index in [1.807, 2.05) is 0 Å². The molecule has 1 aromatic rings. The Labute approximate surface area is 108 Å². The molecule has 5 heteroatoms. The highest BCUT2D eigenvalue weighted by atomic mass is 15.2. The van der Waals surface area contributed by atoms with Crippen LogP contribution in [0.5, 0.6) is 0 Å². The van der Waals surface area contributed by atoms with E-state index in [4.69, 9.17) is 11.0 Å². The van der Waals surface area contributed by atoms with Crippen molar-refractivity contribution in [3.05, 3.63) is 17.8 Å². The molecule has 0 aliphatic carbocycles. The molecule has 0 aromatic carbocycles. The smallest absolute Gasteiger partial charge is 0.151 e. The van der Waals surface area contributed by atoms with Crippen molar-refractivity contribution in [1.29, 1.82) is 5.26 Å².